The van der Waals surface area contributed by atoms with Crippen LogP contribution in [0.3, 0.4) is 0 Å². The van der Waals surface area contributed by atoms with Crippen LogP contribution in [-0.2, 0) is 28.6 Å². The first-order chi connectivity index (χ1) is 34.0. The van der Waals surface area contributed by atoms with Crippen molar-refractivity contribution in [2.75, 3.05) is 13.2 Å². The normalized spacial score (nSPS) is 12.6. The number of hydrogen-bond donors (Lipinski definition) is 0. The van der Waals surface area contributed by atoms with Crippen LogP contribution in [0.25, 0.3) is 0 Å². The Morgan fingerprint density at radius 2 is 0.565 bits per heavy atom. The molecule has 0 radical (unpaired) electrons. The van der Waals surface area contributed by atoms with Crippen molar-refractivity contribution in [1.82, 2.24) is 0 Å². The van der Waals surface area contributed by atoms with Crippen LogP contribution in [0.2, 0.25) is 0 Å². The largest absolute Gasteiger partial charge is 0.462 e. The standard InChI is InChI=1S/C63H110O6/c1-4-7-10-13-16-19-22-25-28-31-33-35-38-41-44-47-50-53-56-62(65)68-59-60(58-67-61(64)55-52-49-46-43-40-37-34-30-27-24-21-18-15-12-9-6-3)69-63(66)57-54-51-48-45-42-39-36-32-29-26-23-20-17-14-11-8-5-2/h9,12,17-18,20-21,26-27,29-30,37,40,60H,4-8,10-11,13-16,19,22-25,28,31-36,38-39,41-59H2,1-3H3/b12-9-,20-17-,21-18-,29-26-,30-27-,40-37-. The van der Waals surface area contributed by atoms with Gasteiger partial charge in [-0.1, -0.05) is 254 Å². The first kappa shape index (κ1) is 65.8. The van der Waals surface area contributed by atoms with E-state index in [4.69, 9.17) is 14.2 Å². The summed E-state index contributed by atoms with van der Waals surface area (Å²) in [7, 11) is 0. The van der Waals surface area contributed by atoms with Gasteiger partial charge in [-0.25, -0.2) is 0 Å². The van der Waals surface area contributed by atoms with Crippen molar-refractivity contribution in [2.24, 2.45) is 0 Å². The van der Waals surface area contributed by atoms with Gasteiger partial charge in [-0.15, -0.1) is 0 Å². The Balaban J connectivity index is 4.42. The molecule has 0 fully saturated rings. The van der Waals surface area contributed by atoms with Crippen LogP contribution in [0, 0.1) is 0 Å². The summed E-state index contributed by atoms with van der Waals surface area (Å²) in [5.41, 5.74) is 0. The van der Waals surface area contributed by atoms with Crippen molar-refractivity contribution < 1.29 is 28.6 Å². The topological polar surface area (TPSA) is 78.9 Å². The number of hydrogen-bond acceptors (Lipinski definition) is 6. The van der Waals surface area contributed by atoms with Gasteiger partial charge in [0.15, 0.2) is 6.10 Å². The van der Waals surface area contributed by atoms with E-state index >= 15 is 0 Å². The number of carbonyl (C=O) groups is 3. The number of carbonyl (C=O) groups excluding carboxylic acids is 3. The van der Waals surface area contributed by atoms with Gasteiger partial charge in [0.25, 0.3) is 0 Å². The van der Waals surface area contributed by atoms with Crippen molar-refractivity contribution in [3.63, 3.8) is 0 Å². The molecule has 0 aromatic rings. The molecule has 1 atom stereocenters. The van der Waals surface area contributed by atoms with E-state index in [1.807, 2.05) is 0 Å². The molecule has 0 heterocycles. The first-order valence-corrected chi connectivity index (χ1v) is 29.4. The van der Waals surface area contributed by atoms with Gasteiger partial charge < -0.3 is 14.2 Å². The molecule has 0 saturated heterocycles. The maximum atomic E-state index is 12.9. The minimum Gasteiger partial charge on any atom is -0.462 e. The average Bonchev–Trinajstić information content (AvgIpc) is 3.35. The zero-order valence-electron chi connectivity index (χ0n) is 45.6. The maximum Gasteiger partial charge on any atom is 0.306 e. The smallest absolute Gasteiger partial charge is 0.306 e. The van der Waals surface area contributed by atoms with Gasteiger partial charge in [-0.05, 0) is 89.9 Å². The average molecular weight is 964 g/mol. The molecule has 0 rings (SSSR count). The Bertz CT molecular complexity index is 1290. The van der Waals surface area contributed by atoms with E-state index in [1.165, 1.54) is 148 Å². The predicted molar refractivity (Wildman–Crippen MR) is 298 cm³/mol. The van der Waals surface area contributed by atoms with Crippen LogP contribution in [0.5, 0.6) is 0 Å². The van der Waals surface area contributed by atoms with Gasteiger partial charge in [0.05, 0.1) is 0 Å². The summed E-state index contributed by atoms with van der Waals surface area (Å²) in [5, 5.41) is 0. The Hall–Kier alpha value is -3.15. The SMILES string of the molecule is CC/C=C\C/C=C\C/C=C\C/C=C\CCCCCC(=O)OCC(COC(=O)CCCCCCCCCCCCCCCCCCCC)OC(=O)CCCCCCCCC/C=C\C/C=C\CCCCC. The summed E-state index contributed by atoms with van der Waals surface area (Å²) in [6, 6.07) is 0. The quantitative estimate of drug-likeness (QED) is 0.0262. The molecule has 398 valence electrons. The second-order valence-corrected chi connectivity index (χ2v) is 19.5. The molecule has 0 aliphatic heterocycles. The number of esters is 3. The summed E-state index contributed by atoms with van der Waals surface area (Å²) >= 11 is 0. The number of rotatable bonds is 53. The molecule has 6 nitrogen and oxygen atoms in total. The van der Waals surface area contributed by atoms with Crippen LogP contribution >= 0.6 is 0 Å². The molecule has 0 aromatic carbocycles. The Labute approximate surface area is 427 Å². The molecule has 6 heteroatoms. The van der Waals surface area contributed by atoms with E-state index in [2.05, 4.69) is 93.7 Å². The summed E-state index contributed by atoms with van der Waals surface area (Å²) < 4.78 is 16.9. The van der Waals surface area contributed by atoms with Crippen LogP contribution in [0.15, 0.2) is 72.9 Å². The van der Waals surface area contributed by atoms with E-state index in [0.29, 0.717) is 19.3 Å². The Morgan fingerprint density at radius 3 is 0.928 bits per heavy atom. The summed E-state index contributed by atoms with van der Waals surface area (Å²) in [4.78, 5) is 38.2. The van der Waals surface area contributed by atoms with Gasteiger partial charge in [0.2, 0.25) is 0 Å². The molecule has 0 aliphatic carbocycles. The highest BCUT2D eigenvalue weighted by atomic mass is 16.6. The van der Waals surface area contributed by atoms with Gasteiger partial charge >= 0.3 is 17.9 Å². The van der Waals surface area contributed by atoms with Crippen LogP contribution < -0.4 is 0 Å². The third-order valence-electron chi connectivity index (χ3n) is 12.7. The lowest BCUT2D eigenvalue weighted by molar-refractivity contribution is -0.167. The van der Waals surface area contributed by atoms with E-state index in [1.54, 1.807) is 0 Å². The van der Waals surface area contributed by atoms with E-state index < -0.39 is 6.10 Å². The molecule has 0 bridgehead atoms. The number of ether oxygens (including phenoxy) is 3. The second-order valence-electron chi connectivity index (χ2n) is 19.5. The lowest BCUT2D eigenvalue weighted by atomic mass is 10.0. The zero-order chi connectivity index (χ0) is 50.0. The third kappa shape index (κ3) is 55.6. The van der Waals surface area contributed by atoms with E-state index in [-0.39, 0.29) is 31.1 Å². The third-order valence-corrected chi connectivity index (χ3v) is 12.7. The number of unbranched alkanes of at least 4 members (excludes halogenated alkanes) is 30. The van der Waals surface area contributed by atoms with Crippen molar-refractivity contribution in [2.45, 2.75) is 297 Å². The molecule has 0 saturated carbocycles. The summed E-state index contributed by atoms with van der Waals surface area (Å²) in [5.74, 6) is -0.916. The minimum absolute atomic E-state index is 0.0866. The first-order valence-electron chi connectivity index (χ1n) is 29.4. The molecule has 0 aliphatic rings. The summed E-state index contributed by atoms with van der Waals surface area (Å²) in [6.07, 6.45) is 73.2. The second kappa shape index (κ2) is 57.4. The Morgan fingerprint density at radius 1 is 0.304 bits per heavy atom. The van der Waals surface area contributed by atoms with Crippen molar-refractivity contribution in [3.8, 4) is 0 Å². The van der Waals surface area contributed by atoms with Crippen LogP contribution in [0.1, 0.15) is 290 Å². The van der Waals surface area contributed by atoms with Crippen molar-refractivity contribution in [1.29, 1.82) is 0 Å². The predicted octanol–water partition coefficient (Wildman–Crippen LogP) is 19.8. The lowest BCUT2D eigenvalue weighted by Gasteiger charge is -2.18. The highest BCUT2D eigenvalue weighted by Gasteiger charge is 2.19. The minimum atomic E-state index is -0.792. The summed E-state index contributed by atoms with van der Waals surface area (Å²) in [6.45, 7) is 6.50. The monoisotopic (exact) mass is 963 g/mol. The molecule has 0 N–H and O–H groups in total. The van der Waals surface area contributed by atoms with Crippen molar-refractivity contribution >= 4 is 17.9 Å². The fourth-order valence-electron chi connectivity index (χ4n) is 8.29. The molecule has 0 amide bonds. The molecule has 1 unspecified atom stereocenters. The van der Waals surface area contributed by atoms with Gasteiger partial charge in [0.1, 0.15) is 13.2 Å². The fraction of sp³-hybridized carbons (Fsp3) is 0.762. The van der Waals surface area contributed by atoms with E-state index in [0.717, 1.165) is 103 Å². The molecular weight excluding hydrogens is 853 g/mol. The van der Waals surface area contributed by atoms with Gasteiger partial charge in [-0.2, -0.15) is 0 Å². The lowest BCUT2D eigenvalue weighted by Crippen LogP contribution is -2.30. The molecular formula is C63H110O6. The van der Waals surface area contributed by atoms with Crippen LogP contribution in [-0.4, -0.2) is 37.2 Å². The maximum absolute atomic E-state index is 12.9. The zero-order valence-corrected chi connectivity index (χ0v) is 45.6. The number of allylic oxidation sites excluding steroid dienone is 12. The molecule has 0 spiro atoms. The van der Waals surface area contributed by atoms with E-state index in [9.17, 15) is 14.4 Å². The molecule has 0 aromatic heterocycles. The van der Waals surface area contributed by atoms with Crippen molar-refractivity contribution in [3.05, 3.63) is 72.9 Å². The fourth-order valence-corrected chi connectivity index (χ4v) is 8.29. The van der Waals surface area contributed by atoms with Gasteiger partial charge in [0, 0.05) is 19.3 Å². The Kier molecular flexibility index (Phi) is 54.8. The van der Waals surface area contributed by atoms with Crippen LogP contribution in [0.4, 0.5) is 0 Å². The highest BCUT2D eigenvalue weighted by molar-refractivity contribution is 5.71. The molecule has 69 heavy (non-hydrogen) atoms. The highest BCUT2D eigenvalue weighted by Crippen LogP contribution is 2.16. The van der Waals surface area contributed by atoms with Gasteiger partial charge in [-0.3, -0.25) is 14.4 Å².